The average molecular weight is 464 g/mol. The van der Waals surface area contributed by atoms with Crippen LogP contribution in [0.1, 0.15) is 17.8 Å². The predicted octanol–water partition coefficient (Wildman–Crippen LogP) is 3.42. The van der Waals surface area contributed by atoms with Crippen LogP contribution in [-0.4, -0.2) is 56.2 Å². The van der Waals surface area contributed by atoms with Gasteiger partial charge in [-0.3, -0.25) is 0 Å². The van der Waals surface area contributed by atoms with Gasteiger partial charge in [0, 0.05) is 31.1 Å². The molecule has 0 saturated carbocycles. The quantitative estimate of drug-likeness (QED) is 0.737. The summed E-state index contributed by atoms with van der Waals surface area (Å²) in [5, 5.41) is 4.81. The first-order valence-electron chi connectivity index (χ1n) is 9.01. The van der Waals surface area contributed by atoms with Crippen LogP contribution in [0.3, 0.4) is 0 Å². The van der Waals surface area contributed by atoms with Crippen molar-refractivity contribution in [3.05, 3.63) is 46.7 Å². The van der Waals surface area contributed by atoms with Gasteiger partial charge in [-0.15, -0.1) is 24.5 Å². The Morgan fingerprint density at radius 2 is 1.77 bits per heavy atom. The summed E-state index contributed by atoms with van der Waals surface area (Å²) in [6.45, 7) is 2.46. The second kappa shape index (κ2) is 8.82. The maximum atomic E-state index is 12.7. The van der Waals surface area contributed by atoms with E-state index in [1.54, 1.807) is 0 Å². The van der Waals surface area contributed by atoms with Crippen molar-refractivity contribution >= 4 is 27.4 Å². The molecular weight excluding hydrogens is 443 g/mol. The molecule has 1 aliphatic rings. The number of thiophene rings is 1. The van der Waals surface area contributed by atoms with Gasteiger partial charge >= 0.3 is 12.4 Å². The third kappa shape index (κ3) is 5.43. The van der Waals surface area contributed by atoms with E-state index in [9.17, 15) is 26.4 Å². The molecule has 2 aromatic rings. The van der Waals surface area contributed by atoms with Crippen molar-refractivity contribution in [2.45, 2.75) is 24.2 Å². The number of rotatable bonds is 5. The molecule has 164 valence electrons. The molecule has 0 radical (unpaired) electrons. The van der Waals surface area contributed by atoms with Crippen molar-refractivity contribution in [2.24, 2.45) is 0 Å². The molecule has 3 rings (SSSR count). The topological polar surface area (TPSA) is 79.0 Å². The lowest BCUT2D eigenvalue weighted by Crippen LogP contribution is -2.53. The molecule has 2 heterocycles. The summed E-state index contributed by atoms with van der Waals surface area (Å²) in [5.41, 5.74) is 0. The molecule has 1 aromatic heterocycles. The highest BCUT2D eigenvalue weighted by Crippen LogP contribution is 2.25. The third-order valence-corrected chi connectivity index (χ3v) is 7.50. The molecule has 1 aromatic carbocycles. The third-order valence-electron chi connectivity index (χ3n) is 4.53. The summed E-state index contributed by atoms with van der Waals surface area (Å²) in [4.78, 5) is 14.8. The van der Waals surface area contributed by atoms with Crippen LogP contribution in [0.2, 0.25) is 0 Å². The minimum absolute atomic E-state index is 0.0872. The minimum atomic E-state index is -4.85. The number of amides is 2. The molecule has 1 fully saturated rings. The summed E-state index contributed by atoms with van der Waals surface area (Å²) >= 11 is 1.53. The maximum absolute atomic E-state index is 12.7. The normalized spacial score (nSPS) is 16.9. The Kier molecular flexibility index (Phi) is 6.58. The maximum Gasteiger partial charge on any atom is 0.573 e. The number of nitrogens with zero attached hydrogens (tertiary/aromatic N) is 2. The number of hydrogen-bond acceptors (Lipinski definition) is 5. The van der Waals surface area contributed by atoms with Crippen molar-refractivity contribution in [1.82, 2.24) is 14.5 Å². The first-order valence-corrected chi connectivity index (χ1v) is 11.3. The molecule has 1 N–H and O–H groups in total. The van der Waals surface area contributed by atoms with Crippen LogP contribution in [0.4, 0.5) is 18.0 Å². The van der Waals surface area contributed by atoms with E-state index in [0.717, 1.165) is 29.1 Å². The van der Waals surface area contributed by atoms with Crippen LogP contribution >= 0.6 is 11.3 Å². The smallest absolute Gasteiger partial charge is 0.406 e. The van der Waals surface area contributed by atoms with E-state index in [-0.39, 0.29) is 43.1 Å². The number of carbonyl (C=O) groups excluding carboxylic acids is 1. The number of hydrogen-bond donors (Lipinski definition) is 1. The van der Waals surface area contributed by atoms with E-state index >= 15 is 0 Å². The Morgan fingerprint density at radius 1 is 1.13 bits per heavy atom. The molecule has 0 aliphatic carbocycles. The summed E-state index contributed by atoms with van der Waals surface area (Å²) < 4.78 is 67.2. The van der Waals surface area contributed by atoms with Crippen molar-refractivity contribution in [1.29, 1.82) is 0 Å². The Labute approximate surface area is 176 Å². The molecule has 1 saturated heterocycles. The monoisotopic (exact) mass is 463 g/mol. The van der Waals surface area contributed by atoms with Crippen molar-refractivity contribution in [3.8, 4) is 5.75 Å². The molecule has 0 bridgehead atoms. The average Bonchev–Trinajstić information content (AvgIpc) is 3.22. The number of nitrogens with one attached hydrogen (secondary N) is 1. The van der Waals surface area contributed by atoms with Crippen molar-refractivity contribution in [2.75, 3.05) is 26.2 Å². The molecule has 2 amide bonds. The number of carbonyl (C=O) groups is 1. The van der Waals surface area contributed by atoms with E-state index in [1.807, 2.05) is 24.4 Å². The van der Waals surface area contributed by atoms with Crippen LogP contribution < -0.4 is 10.1 Å². The summed E-state index contributed by atoms with van der Waals surface area (Å²) in [7, 11) is -3.89. The standard InChI is InChI=1S/C18H20F3N3O4S2/c1-13(16-3-2-12-29-16)22-17(25)23-8-10-24(11-9-23)30(26,27)15-6-4-14(5-7-15)28-18(19,20)21/h2-7,12-13H,8-11H2,1H3,(H,22,25)/t13-/m0/s1. The van der Waals surface area contributed by atoms with Gasteiger partial charge in [0.2, 0.25) is 10.0 Å². The lowest BCUT2D eigenvalue weighted by atomic mass is 10.3. The largest absolute Gasteiger partial charge is 0.573 e. The van der Waals surface area contributed by atoms with Gasteiger partial charge in [0.05, 0.1) is 10.9 Å². The zero-order valence-electron chi connectivity index (χ0n) is 15.9. The zero-order valence-corrected chi connectivity index (χ0v) is 17.6. The first kappa shape index (κ1) is 22.4. The fourth-order valence-electron chi connectivity index (χ4n) is 2.98. The Hall–Kier alpha value is -2.31. The van der Waals surface area contributed by atoms with Gasteiger partial charge in [-0.1, -0.05) is 6.07 Å². The summed E-state index contributed by atoms with van der Waals surface area (Å²) in [6, 6.07) is 7.43. The second-order valence-corrected chi connectivity index (χ2v) is 9.51. The molecule has 12 heteroatoms. The van der Waals surface area contributed by atoms with Gasteiger partial charge in [-0.2, -0.15) is 4.31 Å². The highest BCUT2D eigenvalue weighted by atomic mass is 32.2. The molecule has 1 aliphatic heterocycles. The van der Waals surface area contributed by atoms with Crippen LogP contribution in [0.25, 0.3) is 0 Å². The van der Waals surface area contributed by atoms with Crippen LogP contribution in [-0.2, 0) is 10.0 Å². The van der Waals surface area contributed by atoms with Gasteiger partial charge in [0.1, 0.15) is 5.75 Å². The van der Waals surface area contributed by atoms with Crippen molar-refractivity contribution < 1.29 is 31.1 Å². The fourth-order valence-corrected chi connectivity index (χ4v) is 5.14. The number of urea groups is 1. The van der Waals surface area contributed by atoms with Gasteiger partial charge < -0.3 is 15.0 Å². The summed E-state index contributed by atoms with van der Waals surface area (Å²) in [5.74, 6) is -0.497. The molecule has 0 unspecified atom stereocenters. The van der Waals surface area contributed by atoms with Gasteiger partial charge in [0.25, 0.3) is 0 Å². The molecule has 1 atom stereocenters. The molecular formula is C18H20F3N3O4S2. The molecule has 7 nitrogen and oxygen atoms in total. The molecule has 30 heavy (non-hydrogen) atoms. The van der Waals surface area contributed by atoms with Crippen molar-refractivity contribution in [3.63, 3.8) is 0 Å². The van der Waals surface area contributed by atoms with Crippen LogP contribution in [0.5, 0.6) is 5.75 Å². The lowest BCUT2D eigenvalue weighted by molar-refractivity contribution is -0.274. The van der Waals surface area contributed by atoms with Gasteiger partial charge in [0.15, 0.2) is 0 Å². The Bertz CT molecular complexity index is 956. The number of sulfonamides is 1. The fraction of sp³-hybridized carbons (Fsp3) is 0.389. The Morgan fingerprint density at radius 3 is 2.30 bits per heavy atom. The zero-order chi connectivity index (χ0) is 21.9. The SMILES string of the molecule is C[C@H](NC(=O)N1CCN(S(=O)(=O)c2ccc(OC(F)(F)F)cc2)CC1)c1cccs1. The molecule has 0 spiro atoms. The highest BCUT2D eigenvalue weighted by Gasteiger charge is 2.33. The number of alkyl halides is 3. The van der Waals surface area contributed by atoms with Gasteiger partial charge in [-0.25, -0.2) is 13.2 Å². The number of piperazine rings is 1. The van der Waals surface area contributed by atoms with E-state index < -0.39 is 22.1 Å². The van der Waals surface area contributed by atoms with E-state index in [4.69, 9.17) is 0 Å². The van der Waals surface area contributed by atoms with E-state index in [0.29, 0.717) is 0 Å². The number of halogens is 3. The second-order valence-electron chi connectivity index (χ2n) is 6.60. The van der Waals surface area contributed by atoms with Gasteiger partial charge in [-0.05, 0) is 42.6 Å². The number of ether oxygens (including phenoxy) is 1. The van der Waals surface area contributed by atoms with Crippen LogP contribution in [0, 0.1) is 0 Å². The highest BCUT2D eigenvalue weighted by molar-refractivity contribution is 7.89. The number of benzene rings is 1. The van der Waals surface area contributed by atoms with Crippen LogP contribution in [0.15, 0.2) is 46.7 Å². The predicted molar refractivity (Wildman–Crippen MR) is 105 cm³/mol. The van der Waals surface area contributed by atoms with E-state index in [2.05, 4.69) is 10.1 Å². The lowest BCUT2D eigenvalue weighted by Gasteiger charge is -2.34. The Balaban J connectivity index is 1.57. The minimum Gasteiger partial charge on any atom is -0.406 e. The van der Waals surface area contributed by atoms with E-state index in [1.165, 1.54) is 20.5 Å². The first-order chi connectivity index (χ1) is 14.1. The summed E-state index contributed by atoms with van der Waals surface area (Å²) in [6.07, 6.45) is -4.85.